The van der Waals surface area contributed by atoms with Crippen molar-refractivity contribution in [2.24, 2.45) is 7.05 Å². The van der Waals surface area contributed by atoms with Crippen molar-refractivity contribution in [3.05, 3.63) is 46.2 Å². The van der Waals surface area contributed by atoms with Crippen LogP contribution in [0, 0.1) is 0 Å². The van der Waals surface area contributed by atoms with Gasteiger partial charge >= 0.3 is 0 Å². The number of carbonyl (C=O) groups is 2. The van der Waals surface area contributed by atoms with E-state index in [1.807, 2.05) is 13.2 Å². The van der Waals surface area contributed by atoms with Crippen LogP contribution in [0.1, 0.15) is 15.9 Å². The second kappa shape index (κ2) is 4.31. The van der Waals surface area contributed by atoms with E-state index in [9.17, 15) is 9.59 Å². The van der Waals surface area contributed by atoms with E-state index >= 15 is 0 Å². The number of amides is 1. The van der Waals surface area contributed by atoms with Gasteiger partial charge in [0.1, 0.15) is 0 Å². The van der Waals surface area contributed by atoms with Gasteiger partial charge in [0.15, 0.2) is 0 Å². The number of anilines is 1. The molecule has 0 N–H and O–H groups in total. The summed E-state index contributed by atoms with van der Waals surface area (Å²) in [6.45, 7) is 0.349. The number of rotatable bonds is 2. The Labute approximate surface area is 118 Å². The molecule has 1 amide bonds. The molecule has 6 heteroatoms. The van der Waals surface area contributed by atoms with Crippen LogP contribution in [-0.2, 0) is 18.4 Å². The summed E-state index contributed by atoms with van der Waals surface area (Å²) in [4.78, 5) is 25.4. The van der Waals surface area contributed by atoms with Crippen molar-refractivity contribution in [3.8, 4) is 0 Å². The minimum atomic E-state index is -0.489. The van der Waals surface area contributed by atoms with Gasteiger partial charge in [0, 0.05) is 23.3 Å². The fourth-order valence-electron chi connectivity index (χ4n) is 2.16. The van der Waals surface area contributed by atoms with Crippen LogP contribution in [0.3, 0.4) is 0 Å². The molecule has 2 aromatic rings. The summed E-state index contributed by atoms with van der Waals surface area (Å²) in [5.74, 6) is -0.941. The van der Waals surface area contributed by atoms with Crippen LogP contribution in [0.15, 0.2) is 35.1 Å². The van der Waals surface area contributed by atoms with E-state index < -0.39 is 11.7 Å². The van der Waals surface area contributed by atoms with E-state index in [-0.39, 0.29) is 0 Å². The first-order chi connectivity index (χ1) is 9.06. The monoisotopic (exact) mass is 319 g/mol. The molecule has 19 heavy (non-hydrogen) atoms. The molecule has 1 aromatic heterocycles. The molecule has 0 spiro atoms. The molecule has 1 aromatic carbocycles. The molecular formula is C13H10BrN3O2. The second-order valence-electron chi connectivity index (χ2n) is 4.40. The number of hydrogen-bond acceptors (Lipinski definition) is 3. The topological polar surface area (TPSA) is 55.2 Å². The highest BCUT2D eigenvalue weighted by Gasteiger charge is 2.35. The zero-order chi connectivity index (χ0) is 13.6. The van der Waals surface area contributed by atoms with E-state index in [0.717, 1.165) is 10.0 Å². The average molecular weight is 320 g/mol. The third-order valence-electron chi connectivity index (χ3n) is 3.03. The number of aromatic nitrogens is 2. The van der Waals surface area contributed by atoms with E-state index in [1.165, 1.54) is 4.90 Å². The van der Waals surface area contributed by atoms with Crippen LogP contribution >= 0.6 is 15.9 Å². The Morgan fingerprint density at radius 1 is 1.32 bits per heavy atom. The highest BCUT2D eigenvalue weighted by atomic mass is 79.9. The molecular weight excluding hydrogens is 310 g/mol. The van der Waals surface area contributed by atoms with Crippen molar-refractivity contribution in [1.82, 2.24) is 9.78 Å². The van der Waals surface area contributed by atoms with Crippen molar-refractivity contribution in [2.75, 3.05) is 4.90 Å². The lowest BCUT2D eigenvalue weighted by atomic mass is 10.1. The van der Waals surface area contributed by atoms with Gasteiger partial charge in [0.05, 0.1) is 24.0 Å². The van der Waals surface area contributed by atoms with Crippen LogP contribution in [0.2, 0.25) is 0 Å². The quantitative estimate of drug-likeness (QED) is 0.794. The smallest absolute Gasteiger partial charge is 0.299 e. The molecule has 1 aliphatic heterocycles. The summed E-state index contributed by atoms with van der Waals surface area (Å²) in [6.07, 6.45) is 3.52. The maximum Gasteiger partial charge on any atom is 0.299 e. The van der Waals surface area contributed by atoms with E-state index in [2.05, 4.69) is 21.0 Å². The molecule has 3 rings (SSSR count). The van der Waals surface area contributed by atoms with Crippen molar-refractivity contribution in [2.45, 2.75) is 6.54 Å². The summed E-state index contributed by atoms with van der Waals surface area (Å²) >= 11 is 3.36. The maximum atomic E-state index is 12.0. The molecule has 0 radical (unpaired) electrons. The zero-order valence-corrected chi connectivity index (χ0v) is 11.7. The van der Waals surface area contributed by atoms with Gasteiger partial charge in [0.25, 0.3) is 11.7 Å². The molecule has 2 heterocycles. The van der Waals surface area contributed by atoms with Crippen molar-refractivity contribution in [3.63, 3.8) is 0 Å². The zero-order valence-electron chi connectivity index (χ0n) is 10.1. The number of hydrogen-bond donors (Lipinski definition) is 0. The predicted molar refractivity (Wildman–Crippen MR) is 72.9 cm³/mol. The van der Waals surface area contributed by atoms with E-state index in [4.69, 9.17) is 0 Å². The van der Waals surface area contributed by atoms with Crippen LogP contribution in [-0.4, -0.2) is 21.5 Å². The molecule has 0 unspecified atom stereocenters. The molecule has 0 fully saturated rings. The number of ketones is 1. The summed E-state index contributed by atoms with van der Waals surface area (Å²) in [5.41, 5.74) is 1.99. The lowest BCUT2D eigenvalue weighted by Gasteiger charge is -2.15. The number of benzene rings is 1. The van der Waals surface area contributed by atoms with Gasteiger partial charge in [-0.2, -0.15) is 5.10 Å². The van der Waals surface area contributed by atoms with Gasteiger partial charge < -0.3 is 4.90 Å². The Kier molecular flexibility index (Phi) is 2.74. The average Bonchev–Trinajstić information content (AvgIpc) is 2.88. The Morgan fingerprint density at radius 3 is 2.79 bits per heavy atom. The molecule has 96 valence electrons. The van der Waals surface area contributed by atoms with Crippen LogP contribution in [0.25, 0.3) is 0 Å². The second-order valence-corrected chi connectivity index (χ2v) is 5.32. The lowest BCUT2D eigenvalue weighted by Crippen LogP contribution is -2.28. The van der Waals surface area contributed by atoms with Gasteiger partial charge in [-0.1, -0.05) is 15.9 Å². The molecule has 0 saturated heterocycles. The molecule has 0 aliphatic carbocycles. The highest BCUT2D eigenvalue weighted by molar-refractivity contribution is 9.10. The molecule has 5 nitrogen and oxygen atoms in total. The van der Waals surface area contributed by atoms with E-state index in [1.54, 1.807) is 29.1 Å². The first kappa shape index (κ1) is 12.1. The lowest BCUT2D eigenvalue weighted by molar-refractivity contribution is -0.114. The third kappa shape index (κ3) is 1.98. The number of nitrogens with zero attached hydrogens (tertiary/aromatic N) is 3. The third-order valence-corrected chi connectivity index (χ3v) is 3.53. The van der Waals surface area contributed by atoms with Crippen molar-refractivity contribution >= 4 is 33.3 Å². The summed E-state index contributed by atoms with van der Waals surface area (Å²) < 4.78 is 2.50. The van der Waals surface area contributed by atoms with Crippen LogP contribution in [0.4, 0.5) is 5.69 Å². The summed E-state index contributed by atoms with van der Waals surface area (Å²) in [5, 5.41) is 4.06. The van der Waals surface area contributed by atoms with Gasteiger partial charge in [-0.3, -0.25) is 14.3 Å². The molecule has 1 aliphatic rings. The van der Waals surface area contributed by atoms with Gasteiger partial charge in [0.2, 0.25) is 0 Å². The standard InChI is InChI=1S/C13H10BrN3O2/c1-16-6-8(5-15-16)7-17-11-4-9(14)2-3-10(11)12(18)13(17)19/h2-6H,7H2,1H3. The summed E-state index contributed by atoms with van der Waals surface area (Å²) in [7, 11) is 1.81. The highest BCUT2D eigenvalue weighted by Crippen LogP contribution is 2.32. The Balaban J connectivity index is 2.01. The molecule has 0 bridgehead atoms. The summed E-state index contributed by atoms with van der Waals surface area (Å²) in [6, 6.07) is 5.22. The minimum Gasteiger partial charge on any atom is -0.300 e. The van der Waals surface area contributed by atoms with Crippen molar-refractivity contribution < 1.29 is 9.59 Å². The minimum absolute atomic E-state index is 0.349. The molecule has 0 atom stereocenters. The number of carbonyl (C=O) groups excluding carboxylic acids is 2. The fourth-order valence-corrected chi connectivity index (χ4v) is 2.51. The first-order valence-corrected chi connectivity index (χ1v) is 6.49. The SMILES string of the molecule is Cn1cc(CN2C(=O)C(=O)c3ccc(Br)cc32)cn1. The first-order valence-electron chi connectivity index (χ1n) is 5.69. The number of aryl methyl sites for hydroxylation is 1. The van der Waals surface area contributed by atoms with Crippen LogP contribution < -0.4 is 4.90 Å². The number of fused-ring (bicyclic) bond motifs is 1. The van der Waals surface area contributed by atoms with Gasteiger partial charge in [-0.05, 0) is 18.2 Å². The van der Waals surface area contributed by atoms with Gasteiger partial charge in [-0.25, -0.2) is 0 Å². The van der Waals surface area contributed by atoms with Crippen LogP contribution in [0.5, 0.6) is 0 Å². The predicted octanol–water partition coefficient (Wildman–Crippen LogP) is 1.91. The number of halogens is 1. The Hall–Kier alpha value is -1.95. The van der Waals surface area contributed by atoms with Gasteiger partial charge in [-0.15, -0.1) is 0 Å². The van der Waals surface area contributed by atoms with E-state index in [0.29, 0.717) is 17.8 Å². The maximum absolute atomic E-state index is 12.0. The largest absolute Gasteiger partial charge is 0.300 e. The Bertz CT molecular complexity index is 693. The number of Topliss-reactive ketones (excluding diaryl/α,β-unsaturated/α-hetero) is 1. The Morgan fingerprint density at radius 2 is 2.11 bits per heavy atom. The van der Waals surface area contributed by atoms with Crippen molar-refractivity contribution in [1.29, 1.82) is 0 Å². The normalized spacial score (nSPS) is 14.1. The fraction of sp³-hybridized carbons (Fsp3) is 0.154. The molecule has 0 saturated carbocycles.